The van der Waals surface area contributed by atoms with Gasteiger partial charge in [-0.15, -0.1) is 0 Å². The number of carbonyl (C=O) groups excluding carboxylic acids is 1. The van der Waals surface area contributed by atoms with Crippen LogP contribution in [0, 0.1) is 0 Å². The number of rotatable bonds is 3. The Balaban J connectivity index is 1.52. The van der Waals surface area contributed by atoms with Crippen LogP contribution < -0.4 is 10.9 Å². The largest absolute Gasteiger partial charge is 0.379 e. The molecule has 3 aromatic rings. The fraction of sp³-hybridized carbons (Fsp3) is 0.300. The number of nitrogens with zero attached hydrogens (tertiary/aromatic N) is 1. The smallest absolute Gasteiger partial charge is 0.256 e. The summed E-state index contributed by atoms with van der Waals surface area (Å²) in [6, 6.07) is 9.60. The van der Waals surface area contributed by atoms with Gasteiger partial charge in [0.2, 0.25) is 5.91 Å². The van der Waals surface area contributed by atoms with E-state index < -0.39 is 0 Å². The molecule has 6 nitrogen and oxygen atoms in total. The van der Waals surface area contributed by atoms with Gasteiger partial charge in [0.1, 0.15) is 0 Å². The topological polar surface area (TPSA) is 74.4 Å². The molecule has 1 amide bonds. The van der Waals surface area contributed by atoms with Crippen molar-refractivity contribution in [3.63, 3.8) is 0 Å². The minimum absolute atomic E-state index is 0.0147. The zero-order valence-electron chi connectivity index (χ0n) is 14.3. The molecule has 1 aliphatic heterocycles. The highest BCUT2D eigenvalue weighted by atomic mass is 16.5. The molecule has 2 aliphatic rings. The summed E-state index contributed by atoms with van der Waals surface area (Å²) >= 11 is 0. The van der Waals surface area contributed by atoms with Gasteiger partial charge in [-0.05, 0) is 29.3 Å². The quantitative estimate of drug-likeness (QED) is 0.554. The summed E-state index contributed by atoms with van der Waals surface area (Å²) in [5, 5.41) is 5.86. The second-order valence-electron chi connectivity index (χ2n) is 6.92. The summed E-state index contributed by atoms with van der Waals surface area (Å²) in [6.07, 6.45) is 0.731. The molecule has 0 atom stereocenters. The summed E-state index contributed by atoms with van der Waals surface area (Å²) in [6.45, 7) is 3.29. The van der Waals surface area contributed by atoms with Gasteiger partial charge in [0.15, 0.2) is 0 Å². The summed E-state index contributed by atoms with van der Waals surface area (Å²) in [5.41, 5.74) is 3.82. The second-order valence-corrected chi connectivity index (χ2v) is 6.92. The lowest BCUT2D eigenvalue weighted by Gasteiger charge is -2.26. The second kappa shape index (κ2) is 5.93. The average Bonchev–Trinajstić information content (AvgIpc) is 3.04. The summed E-state index contributed by atoms with van der Waals surface area (Å²) in [4.78, 5) is 29.9. The molecule has 2 N–H and O–H groups in total. The normalized spacial score (nSPS) is 16.6. The van der Waals surface area contributed by atoms with Crippen molar-refractivity contribution >= 4 is 33.3 Å². The number of ether oxygens (including phenoxy) is 1. The zero-order chi connectivity index (χ0) is 17.7. The Labute approximate surface area is 149 Å². The van der Waals surface area contributed by atoms with Crippen molar-refractivity contribution in [1.29, 1.82) is 0 Å². The predicted octanol–water partition coefficient (Wildman–Crippen LogP) is 1.86. The number of amides is 1. The maximum Gasteiger partial charge on any atom is 0.256 e. The van der Waals surface area contributed by atoms with Gasteiger partial charge < -0.3 is 15.0 Å². The molecule has 1 aliphatic carbocycles. The van der Waals surface area contributed by atoms with Gasteiger partial charge in [-0.1, -0.05) is 12.1 Å². The Kier molecular flexibility index (Phi) is 3.55. The van der Waals surface area contributed by atoms with Crippen molar-refractivity contribution in [2.45, 2.75) is 6.42 Å². The van der Waals surface area contributed by atoms with E-state index in [0.29, 0.717) is 25.1 Å². The number of hydrogen-bond acceptors (Lipinski definition) is 4. The molecule has 26 heavy (non-hydrogen) atoms. The van der Waals surface area contributed by atoms with E-state index in [2.05, 4.69) is 21.3 Å². The molecule has 1 aromatic heterocycles. The zero-order valence-corrected chi connectivity index (χ0v) is 14.3. The Hall–Kier alpha value is -2.70. The van der Waals surface area contributed by atoms with Crippen LogP contribution in [-0.2, 0) is 16.0 Å². The van der Waals surface area contributed by atoms with E-state index in [1.165, 1.54) is 0 Å². The van der Waals surface area contributed by atoms with Crippen molar-refractivity contribution in [1.82, 2.24) is 9.88 Å². The van der Waals surface area contributed by atoms with Gasteiger partial charge in [0.25, 0.3) is 5.56 Å². The van der Waals surface area contributed by atoms with E-state index in [-0.39, 0.29) is 11.5 Å². The van der Waals surface area contributed by atoms with Crippen LogP contribution in [0.25, 0.3) is 21.7 Å². The fourth-order valence-corrected chi connectivity index (χ4v) is 4.10. The molecule has 1 saturated heterocycles. The monoisotopic (exact) mass is 349 g/mol. The first kappa shape index (κ1) is 15.5. The van der Waals surface area contributed by atoms with Crippen molar-refractivity contribution in [2.24, 2.45) is 0 Å². The fourth-order valence-electron chi connectivity index (χ4n) is 4.10. The Morgan fingerprint density at radius 3 is 2.85 bits per heavy atom. The van der Waals surface area contributed by atoms with Crippen molar-refractivity contribution < 1.29 is 9.53 Å². The first-order valence-electron chi connectivity index (χ1n) is 8.90. The van der Waals surface area contributed by atoms with Crippen LogP contribution in [0.2, 0.25) is 0 Å². The third-order valence-electron chi connectivity index (χ3n) is 5.32. The number of H-pyrrole nitrogens is 1. The number of benzene rings is 2. The lowest BCUT2D eigenvalue weighted by atomic mass is 10.1. The first-order valence-corrected chi connectivity index (χ1v) is 8.90. The molecular formula is C20H19N3O3. The Bertz CT molecular complexity index is 1100. The number of aromatic amines is 1. The Morgan fingerprint density at radius 2 is 2.00 bits per heavy atom. The highest BCUT2D eigenvalue weighted by molar-refractivity contribution is 6.14. The number of hydrogen-bond donors (Lipinski definition) is 2. The number of carbonyl (C=O) groups is 1. The summed E-state index contributed by atoms with van der Waals surface area (Å²) in [7, 11) is 0. The molecule has 1 fully saturated rings. The maximum absolute atomic E-state index is 12.5. The van der Waals surface area contributed by atoms with Crippen LogP contribution in [0.3, 0.4) is 0 Å². The maximum atomic E-state index is 12.5. The van der Waals surface area contributed by atoms with Crippen LogP contribution in [0.5, 0.6) is 0 Å². The number of aromatic nitrogens is 1. The third kappa shape index (κ3) is 2.41. The first-order chi connectivity index (χ1) is 12.7. The molecule has 2 heterocycles. The molecule has 0 bridgehead atoms. The van der Waals surface area contributed by atoms with Gasteiger partial charge in [-0.3, -0.25) is 14.5 Å². The van der Waals surface area contributed by atoms with Crippen molar-refractivity contribution in [3.05, 3.63) is 51.8 Å². The summed E-state index contributed by atoms with van der Waals surface area (Å²) < 4.78 is 5.33. The van der Waals surface area contributed by atoms with Gasteiger partial charge in [-0.2, -0.15) is 0 Å². The molecule has 0 radical (unpaired) electrons. The minimum Gasteiger partial charge on any atom is -0.379 e. The number of anilines is 1. The molecule has 132 valence electrons. The molecular weight excluding hydrogens is 330 g/mol. The van der Waals surface area contributed by atoms with Crippen LogP contribution in [-0.4, -0.2) is 48.6 Å². The number of pyridine rings is 1. The predicted molar refractivity (Wildman–Crippen MR) is 101 cm³/mol. The van der Waals surface area contributed by atoms with E-state index >= 15 is 0 Å². The molecule has 0 saturated carbocycles. The minimum atomic E-state index is -0.0636. The highest BCUT2D eigenvalue weighted by Gasteiger charge is 2.23. The standard InChI is InChI=1S/C20H19N3O3/c24-17(11-23-6-8-26-9-7-23)21-15-4-5-16-19-14(15)10-12-2-1-3-13(18(12)19)20(25)22-16/h1-5H,6-11H2,(H,21,24)(H,22,25). The van der Waals surface area contributed by atoms with E-state index in [4.69, 9.17) is 4.74 Å². The molecule has 0 unspecified atom stereocenters. The average molecular weight is 349 g/mol. The van der Waals surface area contributed by atoms with Crippen molar-refractivity contribution in [3.8, 4) is 0 Å². The van der Waals surface area contributed by atoms with Crippen LogP contribution in [0.4, 0.5) is 5.69 Å². The third-order valence-corrected chi connectivity index (χ3v) is 5.32. The molecule has 2 aromatic carbocycles. The van der Waals surface area contributed by atoms with E-state index in [1.54, 1.807) is 0 Å². The van der Waals surface area contributed by atoms with Gasteiger partial charge >= 0.3 is 0 Å². The molecule has 0 spiro atoms. The van der Waals surface area contributed by atoms with E-state index in [9.17, 15) is 9.59 Å². The molecule has 6 heteroatoms. The number of nitrogens with one attached hydrogen (secondary N) is 2. The van der Waals surface area contributed by atoms with Crippen LogP contribution >= 0.6 is 0 Å². The van der Waals surface area contributed by atoms with E-state index in [1.807, 2.05) is 24.3 Å². The lowest BCUT2D eigenvalue weighted by Crippen LogP contribution is -2.41. The van der Waals surface area contributed by atoms with Gasteiger partial charge in [0, 0.05) is 46.9 Å². The van der Waals surface area contributed by atoms with Crippen LogP contribution in [0.15, 0.2) is 35.1 Å². The van der Waals surface area contributed by atoms with Crippen molar-refractivity contribution in [2.75, 3.05) is 38.2 Å². The SMILES string of the molecule is O=C(CN1CCOCC1)Nc1ccc2[nH]c(=O)c3cccc4c3c2c1C4. The Morgan fingerprint density at radius 1 is 1.15 bits per heavy atom. The van der Waals surface area contributed by atoms with Gasteiger partial charge in [0.05, 0.1) is 19.8 Å². The lowest BCUT2D eigenvalue weighted by molar-refractivity contribution is -0.118. The van der Waals surface area contributed by atoms with Crippen LogP contribution in [0.1, 0.15) is 11.1 Å². The number of morpholine rings is 1. The van der Waals surface area contributed by atoms with E-state index in [0.717, 1.165) is 52.6 Å². The summed E-state index contributed by atoms with van der Waals surface area (Å²) in [5.74, 6) is -0.0147. The molecule has 5 rings (SSSR count). The van der Waals surface area contributed by atoms with Gasteiger partial charge in [-0.25, -0.2) is 0 Å². The highest BCUT2D eigenvalue weighted by Crippen LogP contribution is 2.39.